The van der Waals surface area contributed by atoms with Crippen molar-refractivity contribution in [2.75, 3.05) is 10.6 Å². The number of pyridine rings is 1. The van der Waals surface area contributed by atoms with Gasteiger partial charge < -0.3 is 10.6 Å². The highest BCUT2D eigenvalue weighted by Gasteiger charge is 2.08. The lowest BCUT2D eigenvalue weighted by molar-refractivity contribution is 0.102. The van der Waals surface area contributed by atoms with Crippen molar-refractivity contribution < 1.29 is 4.79 Å². The molecular weight excluding hydrogens is 334 g/mol. The Kier molecular flexibility index (Phi) is 5.31. The molecule has 2 N–H and O–H groups in total. The Morgan fingerprint density at radius 3 is 2.36 bits per heavy atom. The highest BCUT2D eigenvalue weighted by molar-refractivity contribution is 6.30. The van der Waals surface area contributed by atoms with Gasteiger partial charge in [-0.25, -0.2) is 4.98 Å². The van der Waals surface area contributed by atoms with E-state index in [0.717, 1.165) is 5.82 Å². The van der Waals surface area contributed by atoms with Gasteiger partial charge in [0.2, 0.25) is 0 Å². The van der Waals surface area contributed by atoms with Gasteiger partial charge in [0.15, 0.2) is 0 Å². The monoisotopic (exact) mass is 351 g/mol. The van der Waals surface area contributed by atoms with Gasteiger partial charge in [0.05, 0.1) is 11.9 Å². The first-order valence-electron chi connectivity index (χ1n) is 7.96. The van der Waals surface area contributed by atoms with E-state index in [0.29, 0.717) is 16.3 Å². The average molecular weight is 352 g/mol. The molecule has 0 saturated heterocycles. The van der Waals surface area contributed by atoms with Gasteiger partial charge >= 0.3 is 0 Å². The number of rotatable bonds is 5. The molecule has 126 valence electrons. The van der Waals surface area contributed by atoms with Gasteiger partial charge in [-0.05, 0) is 48.9 Å². The standard InChI is InChI=1S/C20H18ClN3O/c1-14(15-5-3-2-4-6-15)23-19-12-11-18(13-22-19)24-20(25)16-7-9-17(21)10-8-16/h2-14H,1H3,(H,22,23)(H,24,25). The van der Waals surface area contributed by atoms with E-state index in [2.05, 4.69) is 34.7 Å². The molecule has 0 aliphatic rings. The highest BCUT2D eigenvalue weighted by atomic mass is 35.5. The maximum Gasteiger partial charge on any atom is 0.255 e. The lowest BCUT2D eigenvalue weighted by Crippen LogP contribution is -2.12. The Hall–Kier alpha value is -2.85. The second-order valence-electron chi connectivity index (χ2n) is 5.67. The summed E-state index contributed by atoms with van der Waals surface area (Å²) in [7, 11) is 0. The van der Waals surface area contributed by atoms with Crippen LogP contribution in [0.15, 0.2) is 72.9 Å². The van der Waals surface area contributed by atoms with Crippen molar-refractivity contribution in [1.82, 2.24) is 4.98 Å². The fourth-order valence-corrected chi connectivity index (χ4v) is 2.53. The van der Waals surface area contributed by atoms with E-state index in [4.69, 9.17) is 11.6 Å². The molecule has 0 aliphatic heterocycles. The second-order valence-corrected chi connectivity index (χ2v) is 6.11. The molecular formula is C20H18ClN3O. The maximum absolute atomic E-state index is 12.2. The average Bonchev–Trinajstić information content (AvgIpc) is 2.64. The van der Waals surface area contributed by atoms with Crippen molar-refractivity contribution in [3.63, 3.8) is 0 Å². The minimum atomic E-state index is -0.197. The van der Waals surface area contributed by atoms with Crippen LogP contribution in [0.25, 0.3) is 0 Å². The van der Waals surface area contributed by atoms with Crippen LogP contribution in [0.4, 0.5) is 11.5 Å². The number of anilines is 2. The third-order valence-corrected chi connectivity index (χ3v) is 4.04. The fraction of sp³-hybridized carbons (Fsp3) is 0.100. The lowest BCUT2D eigenvalue weighted by Gasteiger charge is -2.15. The Balaban J connectivity index is 1.62. The SMILES string of the molecule is CC(Nc1ccc(NC(=O)c2ccc(Cl)cc2)cn1)c1ccccc1. The maximum atomic E-state index is 12.2. The third kappa shape index (κ3) is 4.58. The van der Waals surface area contributed by atoms with E-state index in [-0.39, 0.29) is 11.9 Å². The number of carbonyl (C=O) groups excluding carboxylic acids is 1. The minimum absolute atomic E-state index is 0.142. The number of amides is 1. The zero-order valence-electron chi connectivity index (χ0n) is 13.7. The number of hydrogen-bond donors (Lipinski definition) is 2. The van der Waals surface area contributed by atoms with E-state index in [1.807, 2.05) is 30.3 Å². The Labute approximate surface area is 151 Å². The molecule has 0 fully saturated rings. The van der Waals surface area contributed by atoms with Crippen LogP contribution >= 0.6 is 11.6 Å². The summed E-state index contributed by atoms with van der Waals surface area (Å²) >= 11 is 5.83. The van der Waals surface area contributed by atoms with Crippen LogP contribution in [-0.2, 0) is 0 Å². The summed E-state index contributed by atoms with van der Waals surface area (Å²) < 4.78 is 0. The van der Waals surface area contributed by atoms with Gasteiger partial charge in [0.25, 0.3) is 5.91 Å². The largest absolute Gasteiger partial charge is 0.364 e. The summed E-state index contributed by atoms with van der Waals surface area (Å²) in [6.07, 6.45) is 1.63. The molecule has 0 spiro atoms. The van der Waals surface area contributed by atoms with Crippen LogP contribution in [0.1, 0.15) is 28.9 Å². The number of carbonyl (C=O) groups is 1. The van der Waals surface area contributed by atoms with Crippen LogP contribution in [0.3, 0.4) is 0 Å². The molecule has 0 bridgehead atoms. The topological polar surface area (TPSA) is 54.0 Å². The summed E-state index contributed by atoms with van der Waals surface area (Å²) in [5.74, 6) is 0.553. The molecule has 1 heterocycles. The van der Waals surface area contributed by atoms with E-state index < -0.39 is 0 Å². The first kappa shape index (κ1) is 17.0. The molecule has 5 heteroatoms. The molecule has 1 aromatic heterocycles. The Bertz CT molecular complexity index is 833. The number of nitrogens with one attached hydrogen (secondary N) is 2. The molecule has 0 aliphatic carbocycles. The second kappa shape index (κ2) is 7.81. The van der Waals surface area contributed by atoms with Crippen LogP contribution in [-0.4, -0.2) is 10.9 Å². The van der Waals surface area contributed by atoms with Crippen molar-refractivity contribution in [3.05, 3.63) is 89.1 Å². The van der Waals surface area contributed by atoms with Crippen molar-refractivity contribution in [2.24, 2.45) is 0 Å². The molecule has 3 rings (SSSR count). The van der Waals surface area contributed by atoms with Gasteiger partial charge in [-0.15, -0.1) is 0 Å². The zero-order chi connectivity index (χ0) is 17.6. The quantitative estimate of drug-likeness (QED) is 0.667. The minimum Gasteiger partial charge on any atom is -0.364 e. The summed E-state index contributed by atoms with van der Waals surface area (Å²) in [6, 6.07) is 20.7. The van der Waals surface area contributed by atoms with Crippen LogP contribution in [0, 0.1) is 0 Å². The van der Waals surface area contributed by atoms with Gasteiger partial charge in [0.1, 0.15) is 5.82 Å². The molecule has 1 unspecified atom stereocenters. The third-order valence-electron chi connectivity index (χ3n) is 3.79. The number of nitrogens with zero attached hydrogens (tertiary/aromatic N) is 1. The van der Waals surface area contributed by atoms with Gasteiger partial charge in [-0.2, -0.15) is 0 Å². The summed E-state index contributed by atoms with van der Waals surface area (Å²) in [4.78, 5) is 16.5. The van der Waals surface area contributed by atoms with Gasteiger partial charge in [-0.3, -0.25) is 4.79 Å². The summed E-state index contributed by atoms with van der Waals surface area (Å²) in [5.41, 5.74) is 2.37. The predicted molar refractivity (Wildman–Crippen MR) is 102 cm³/mol. The van der Waals surface area contributed by atoms with Crippen molar-refractivity contribution in [3.8, 4) is 0 Å². The lowest BCUT2D eigenvalue weighted by atomic mass is 10.1. The predicted octanol–water partition coefficient (Wildman–Crippen LogP) is 5.16. The number of benzene rings is 2. The Morgan fingerprint density at radius 1 is 1.00 bits per heavy atom. The van der Waals surface area contributed by atoms with E-state index in [1.54, 1.807) is 30.5 Å². The molecule has 1 atom stereocenters. The van der Waals surface area contributed by atoms with Crippen molar-refractivity contribution in [1.29, 1.82) is 0 Å². The normalized spacial score (nSPS) is 11.6. The zero-order valence-corrected chi connectivity index (χ0v) is 14.5. The number of hydrogen-bond acceptors (Lipinski definition) is 3. The van der Waals surface area contributed by atoms with Crippen LogP contribution in [0.5, 0.6) is 0 Å². The van der Waals surface area contributed by atoms with E-state index in [1.165, 1.54) is 5.56 Å². The van der Waals surface area contributed by atoms with Gasteiger partial charge in [0, 0.05) is 16.6 Å². The molecule has 25 heavy (non-hydrogen) atoms. The van der Waals surface area contributed by atoms with Crippen LogP contribution < -0.4 is 10.6 Å². The molecule has 2 aromatic carbocycles. The molecule has 0 saturated carbocycles. The molecule has 0 radical (unpaired) electrons. The molecule has 3 aromatic rings. The van der Waals surface area contributed by atoms with Crippen molar-refractivity contribution in [2.45, 2.75) is 13.0 Å². The van der Waals surface area contributed by atoms with Crippen LogP contribution in [0.2, 0.25) is 5.02 Å². The number of aromatic nitrogens is 1. The molecule has 4 nitrogen and oxygen atoms in total. The van der Waals surface area contributed by atoms with E-state index in [9.17, 15) is 4.79 Å². The summed E-state index contributed by atoms with van der Waals surface area (Å²) in [5, 5.41) is 6.75. The first-order chi connectivity index (χ1) is 12.1. The first-order valence-corrected chi connectivity index (χ1v) is 8.34. The highest BCUT2D eigenvalue weighted by Crippen LogP contribution is 2.19. The summed E-state index contributed by atoms with van der Waals surface area (Å²) in [6.45, 7) is 2.08. The van der Waals surface area contributed by atoms with Gasteiger partial charge in [-0.1, -0.05) is 41.9 Å². The smallest absolute Gasteiger partial charge is 0.255 e. The number of halogens is 1. The van der Waals surface area contributed by atoms with Crippen molar-refractivity contribution >= 4 is 29.0 Å². The fourth-order valence-electron chi connectivity index (χ4n) is 2.40. The molecule has 1 amide bonds. The Morgan fingerprint density at radius 2 is 1.72 bits per heavy atom. The van der Waals surface area contributed by atoms with E-state index >= 15 is 0 Å².